The number of nitrogens with zero attached hydrogens (tertiary/aromatic N) is 2. The van der Waals surface area contributed by atoms with Crippen molar-refractivity contribution < 1.29 is 0 Å². The van der Waals surface area contributed by atoms with Crippen molar-refractivity contribution in [2.24, 2.45) is 0 Å². The monoisotopic (exact) mass is 257 g/mol. The first-order chi connectivity index (χ1) is 9.11. The Hall–Kier alpha value is -1.61. The van der Waals surface area contributed by atoms with Gasteiger partial charge in [0.2, 0.25) is 0 Å². The minimum absolute atomic E-state index is 0.569. The summed E-state index contributed by atoms with van der Waals surface area (Å²) in [5.74, 6) is 0. The van der Waals surface area contributed by atoms with Crippen molar-refractivity contribution in [2.45, 2.75) is 39.3 Å². The van der Waals surface area contributed by atoms with Crippen LogP contribution in [0.15, 0.2) is 30.3 Å². The lowest BCUT2D eigenvalue weighted by Gasteiger charge is -2.24. The van der Waals surface area contributed by atoms with Crippen molar-refractivity contribution in [2.75, 3.05) is 12.8 Å². The molecule has 0 spiro atoms. The number of hydrogen-bond donors (Lipinski definition) is 1. The van der Waals surface area contributed by atoms with E-state index in [0.717, 1.165) is 28.8 Å². The Kier molecular flexibility index (Phi) is 4.38. The predicted molar refractivity (Wildman–Crippen MR) is 82.0 cm³/mol. The fraction of sp³-hybridized carbons (Fsp3) is 0.438. The van der Waals surface area contributed by atoms with Crippen LogP contribution in [0, 0.1) is 0 Å². The van der Waals surface area contributed by atoms with Gasteiger partial charge >= 0.3 is 0 Å². The lowest BCUT2D eigenvalue weighted by molar-refractivity contribution is 0.234. The van der Waals surface area contributed by atoms with E-state index >= 15 is 0 Å². The summed E-state index contributed by atoms with van der Waals surface area (Å²) in [5.41, 5.74) is 8.95. The highest BCUT2D eigenvalue weighted by atomic mass is 15.1. The topological polar surface area (TPSA) is 42.1 Å². The number of hydrogen-bond acceptors (Lipinski definition) is 3. The average Bonchev–Trinajstić information content (AvgIpc) is 2.39. The smallest absolute Gasteiger partial charge is 0.0726 e. The van der Waals surface area contributed by atoms with Crippen LogP contribution in [-0.4, -0.2) is 23.0 Å². The van der Waals surface area contributed by atoms with Crippen LogP contribution in [-0.2, 0) is 6.54 Å². The molecule has 1 atom stereocenters. The van der Waals surface area contributed by atoms with Crippen LogP contribution in [0.4, 0.5) is 5.69 Å². The predicted octanol–water partition coefficient (Wildman–Crippen LogP) is 3.44. The number of nitrogen functional groups attached to an aromatic ring is 1. The molecule has 2 N–H and O–H groups in total. The molecule has 0 bridgehead atoms. The van der Waals surface area contributed by atoms with E-state index in [1.165, 1.54) is 12.8 Å². The number of pyridine rings is 1. The van der Waals surface area contributed by atoms with E-state index in [1.807, 2.05) is 30.3 Å². The molecule has 3 nitrogen and oxygen atoms in total. The minimum Gasteiger partial charge on any atom is -0.398 e. The molecule has 1 unspecified atom stereocenters. The molecule has 0 saturated heterocycles. The van der Waals surface area contributed by atoms with Crippen molar-refractivity contribution in [3.05, 3.63) is 36.0 Å². The molecule has 0 saturated carbocycles. The Morgan fingerprint density at radius 3 is 2.79 bits per heavy atom. The van der Waals surface area contributed by atoms with Gasteiger partial charge in [0.25, 0.3) is 0 Å². The number of para-hydroxylation sites is 1. The highest BCUT2D eigenvalue weighted by molar-refractivity contribution is 5.90. The molecule has 1 aromatic heterocycles. The first-order valence-electron chi connectivity index (χ1n) is 6.96. The van der Waals surface area contributed by atoms with E-state index < -0.39 is 0 Å². The lowest BCUT2D eigenvalue weighted by atomic mass is 10.1. The van der Waals surface area contributed by atoms with Gasteiger partial charge in [-0.1, -0.05) is 31.5 Å². The van der Waals surface area contributed by atoms with Gasteiger partial charge in [0.05, 0.1) is 11.2 Å². The molecule has 0 aliphatic carbocycles. The Morgan fingerprint density at radius 2 is 2.05 bits per heavy atom. The van der Waals surface area contributed by atoms with Crippen LogP contribution in [0.5, 0.6) is 0 Å². The lowest BCUT2D eigenvalue weighted by Crippen LogP contribution is -2.28. The van der Waals surface area contributed by atoms with Crippen LogP contribution in [0.25, 0.3) is 10.9 Å². The maximum Gasteiger partial charge on any atom is 0.0726 e. The van der Waals surface area contributed by atoms with Crippen molar-refractivity contribution in [1.29, 1.82) is 0 Å². The highest BCUT2D eigenvalue weighted by Crippen LogP contribution is 2.21. The summed E-state index contributed by atoms with van der Waals surface area (Å²) in [6, 6.07) is 10.6. The van der Waals surface area contributed by atoms with Gasteiger partial charge in [-0.3, -0.25) is 9.88 Å². The molecule has 102 valence electrons. The van der Waals surface area contributed by atoms with Crippen LogP contribution in [0.2, 0.25) is 0 Å². The van der Waals surface area contributed by atoms with Gasteiger partial charge in [-0.15, -0.1) is 0 Å². The molecule has 0 aliphatic rings. The summed E-state index contributed by atoms with van der Waals surface area (Å²) >= 11 is 0. The second-order valence-corrected chi connectivity index (χ2v) is 5.27. The van der Waals surface area contributed by atoms with Crippen molar-refractivity contribution in [3.63, 3.8) is 0 Å². The van der Waals surface area contributed by atoms with Crippen LogP contribution in [0.1, 0.15) is 32.4 Å². The first kappa shape index (κ1) is 13.8. The van der Waals surface area contributed by atoms with E-state index in [1.54, 1.807) is 0 Å². The molecular formula is C16H23N3. The molecule has 2 aromatic rings. The summed E-state index contributed by atoms with van der Waals surface area (Å²) in [6.07, 6.45) is 2.42. The summed E-state index contributed by atoms with van der Waals surface area (Å²) < 4.78 is 0. The summed E-state index contributed by atoms with van der Waals surface area (Å²) in [7, 11) is 2.15. The molecule has 2 rings (SSSR count). The fourth-order valence-corrected chi connectivity index (χ4v) is 2.39. The molecule has 0 amide bonds. The Balaban J connectivity index is 2.21. The van der Waals surface area contributed by atoms with Gasteiger partial charge in [0.1, 0.15) is 0 Å². The van der Waals surface area contributed by atoms with Crippen LogP contribution >= 0.6 is 0 Å². The minimum atomic E-state index is 0.569. The normalized spacial score (nSPS) is 13.1. The van der Waals surface area contributed by atoms with Gasteiger partial charge in [-0.2, -0.15) is 0 Å². The third-order valence-electron chi connectivity index (χ3n) is 3.67. The van der Waals surface area contributed by atoms with Gasteiger partial charge in [0, 0.05) is 23.7 Å². The van der Waals surface area contributed by atoms with Crippen molar-refractivity contribution in [1.82, 2.24) is 9.88 Å². The van der Waals surface area contributed by atoms with E-state index in [2.05, 4.69) is 25.8 Å². The Morgan fingerprint density at radius 1 is 1.32 bits per heavy atom. The molecule has 1 heterocycles. The van der Waals surface area contributed by atoms with Crippen LogP contribution in [0.3, 0.4) is 0 Å². The van der Waals surface area contributed by atoms with E-state index in [4.69, 9.17) is 10.7 Å². The molecular weight excluding hydrogens is 234 g/mol. The second-order valence-electron chi connectivity index (χ2n) is 5.27. The van der Waals surface area contributed by atoms with Gasteiger partial charge in [0.15, 0.2) is 0 Å². The molecule has 1 aromatic carbocycles. The number of nitrogens with two attached hydrogens (primary N) is 1. The fourth-order valence-electron chi connectivity index (χ4n) is 2.39. The number of rotatable bonds is 5. The maximum atomic E-state index is 6.11. The summed E-state index contributed by atoms with van der Waals surface area (Å²) in [4.78, 5) is 7.03. The Bertz CT molecular complexity index is 551. The van der Waals surface area contributed by atoms with Crippen molar-refractivity contribution >= 4 is 16.6 Å². The number of aromatic nitrogens is 1. The van der Waals surface area contributed by atoms with Gasteiger partial charge in [-0.05, 0) is 32.5 Å². The maximum absolute atomic E-state index is 6.11. The number of benzene rings is 1. The van der Waals surface area contributed by atoms with Gasteiger partial charge in [-0.25, -0.2) is 0 Å². The highest BCUT2D eigenvalue weighted by Gasteiger charge is 2.10. The summed E-state index contributed by atoms with van der Waals surface area (Å²) in [6.45, 7) is 5.32. The largest absolute Gasteiger partial charge is 0.398 e. The average molecular weight is 257 g/mol. The Labute approximate surface area is 115 Å². The zero-order valence-electron chi connectivity index (χ0n) is 12.1. The van der Waals surface area contributed by atoms with Crippen molar-refractivity contribution in [3.8, 4) is 0 Å². The van der Waals surface area contributed by atoms with Gasteiger partial charge < -0.3 is 5.73 Å². The molecule has 3 heteroatoms. The number of fused-ring (bicyclic) bond motifs is 1. The third kappa shape index (κ3) is 3.24. The second kappa shape index (κ2) is 6.02. The van der Waals surface area contributed by atoms with E-state index in [-0.39, 0.29) is 0 Å². The molecule has 19 heavy (non-hydrogen) atoms. The van der Waals surface area contributed by atoms with E-state index in [0.29, 0.717) is 6.04 Å². The molecule has 0 radical (unpaired) electrons. The summed E-state index contributed by atoms with van der Waals surface area (Å²) in [5, 5.41) is 1.04. The first-order valence-corrected chi connectivity index (χ1v) is 6.96. The third-order valence-corrected chi connectivity index (χ3v) is 3.67. The van der Waals surface area contributed by atoms with Crippen LogP contribution < -0.4 is 5.73 Å². The molecule has 0 fully saturated rings. The van der Waals surface area contributed by atoms with E-state index in [9.17, 15) is 0 Å². The SMILES string of the molecule is CCCC(C)N(C)Cc1cc(N)c2ccccc2n1. The standard InChI is InChI=1S/C16H23N3/c1-4-7-12(2)19(3)11-13-10-15(17)14-8-5-6-9-16(14)18-13/h5-6,8-10,12H,4,7,11H2,1-3H3,(H2,17,18). The number of anilines is 1. The quantitative estimate of drug-likeness (QED) is 0.892. The zero-order chi connectivity index (χ0) is 13.8. The zero-order valence-corrected chi connectivity index (χ0v) is 12.1. The molecule has 0 aliphatic heterocycles.